The van der Waals surface area contributed by atoms with Crippen LogP contribution in [0.5, 0.6) is 0 Å². The van der Waals surface area contributed by atoms with Crippen molar-refractivity contribution in [2.75, 3.05) is 33.2 Å². The van der Waals surface area contributed by atoms with Crippen molar-refractivity contribution < 1.29 is 4.74 Å². The van der Waals surface area contributed by atoms with Gasteiger partial charge < -0.3 is 15.0 Å². The first kappa shape index (κ1) is 12.9. The van der Waals surface area contributed by atoms with Gasteiger partial charge in [-0.1, -0.05) is 6.92 Å². The highest BCUT2D eigenvalue weighted by Gasteiger charge is 2.22. The molecule has 1 N–H and O–H groups in total. The third-order valence-electron chi connectivity index (χ3n) is 2.93. The molecule has 0 aromatic carbocycles. The van der Waals surface area contributed by atoms with Gasteiger partial charge in [-0.05, 0) is 39.8 Å². The highest BCUT2D eigenvalue weighted by Crippen LogP contribution is 2.19. The van der Waals surface area contributed by atoms with E-state index in [0.29, 0.717) is 12.2 Å². The van der Waals surface area contributed by atoms with E-state index in [1.165, 1.54) is 19.3 Å². The van der Waals surface area contributed by atoms with Gasteiger partial charge in [-0.3, -0.25) is 0 Å². The summed E-state index contributed by atoms with van der Waals surface area (Å²) in [5.74, 6) is 0. The van der Waals surface area contributed by atoms with Crippen LogP contribution in [0.25, 0.3) is 0 Å². The SMILES string of the molecule is CCCNCCN(C)CC1CCC(C)O1. The fraction of sp³-hybridized carbons (Fsp3) is 1.00. The minimum atomic E-state index is 0.469. The van der Waals surface area contributed by atoms with Gasteiger partial charge in [-0.2, -0.15) is 0 Å². The standard InChI is InChI=1S/C12H26N2O/c1-4-7-13-8-9-14(3)10-12-6-5-11(2)15-12/h11-13H,4-10H2,1-3H3. The maximum absolute atomic E-state index is 5.80. The molecule has 0 radical (unpaired) electrons. The lowest BCUT2D eigenvalue weighted by Crippen LogP contribution is -2.34. The molecular weight excluding hydrogens is 188 g/mol. The monoisotopic (exact) mass is 214 g/mol. The molecule has 3 nitrogen and oxygen atoms in total. The molecule has 0 saturated carbocycles. The number of ether oxygens (including phenoxy) is 1. The molecule has 0 spiro atoms. The van der Waals surface area contributed by atoms with Gasteiger partial charge in [0.2, 0.25) is 0 Å². The highest BCUT2D eigenvalue weighted by atomic mass is 16.5. The molecule has 0 amide bonds. The summed E-state index contributed by atoms with van der Waals surface area (Å²) in [7, 11) is 2.18. The molecule has 1 heterocycles. The first-order chi connectivity index (χ1) is 7.22. The molecule has 0 aromatic rings. The van der Waals surface area contributed by atoms with Crippen LogP contribution >= 0.6 is 0 Å². The van der Waals surface area contributed by atoms with Crippen LogP contribution in [0, 0.1) is 0 Å². The summed E-state index contributed by atoms with van der Waals surface area (Å²) in [6.07, 6.45) is 4.62. The number of hydrogen-bond acceptors (Lipinski definition) is 3. The van der Waals surface area contributed by atoms with Crippen molar-refractivity contribution in [3.05, 3.63) is 0 Å². The predicted octanol–water partition coefficient (Wildman–Crippen LogP) is 1.49. The zero-order valence-electron chi connectivity index (χ0n) is 10.5. The number of rotatable bonds is 7. The van der Waals surface area contributed by atoms with Crippen LogP contribution in [0.4, 0.5) is 0 Å². The van der Waals surface area contributed by atoms with E-state index >= 15 is 0 Å². The molecule has 3 heteroatoms. The lowest BCUT2D eigenvalue weighted by atomic mass is 10.2. The Hall–Kier alpha value is -0.120. The summed E-state index contributed by atoms with van der Waals surface area (Å²) in [5, 5.41) is 3.42. The van der Waals surface area contributed by atoms with E-state index in [2.05, 4.69) is 31.1 Å². The fourth-order valence-electron chi connectivity index (χ4n) is 2.03. The molecule has 0 aromatic heterocycles. The van der Waals surface area contributed by atoms with Crippen LogP contribution in [-0.4, -0.2) is 50.3 Å². The smallest absolute Gasteiger partial charge is 0.0706 e. The van der Waals surface area contributed by atoms with E-state index < -0.39 is 0 Å². The first-order valence-electron chi connectivity index (χ1n) is 6.27. The van der Waals surface area contributed by atoms with Crippen LogP contribution in [0.15, 0.2) is 0 Å². The third-order valence-corrected chi connectivity index (χ3v) is 2.93. The van der Waals surface area contributed by atoms with Gasteiger partial charge in [0.25, 0.3) is 0 Å². The van der Waals surface area contributed by atoms with Crippen molar-refractivity contribution >= 4 is 0 Å². The van der Waals surface area contributed by atoms with E-state index in [4.69, 9.17) is 4.74 Å². The minimum absolute atomic E-state index is 0.469. The molecule has 0 bridgehead atoms. The molecule has 2 atom stereocenters. The van der Waals surface area contributed by atoms with Crippen molar-refractivity contribution in [1.82, 2.24) is 10.2 Å². The Morgan fingerprint density at radius 1 is 1.33 bits per heavy atom. The van der Waals surface area contributed by atoms with E-state index in [-0.39, 0.29) is 0 Å². The Labute approximate surface area is 94.2 Å². The van der Waals surface area contributed by atoms with Gasteiger partial charge in [0.1, 0.15) is 0 Å². The molecule has 1 rings (SSSR count). The maximum Gasteiger partial charge on any atom is 0.0706 e. The van der Waals surface area contributed by atoms with Gasteiger partial charge in [0.05, 0.1) is 12.2 Å². The number of nitrogens with zero attached hydrogens (tertiary/aromatic N) is 1. The van der Waals surface area contributed by atoms with Crippen LogP contribution in [0.3, 0.4) is 0 Å². The summed E-state index contributed by atoms with van der Waals surface area (Å²) >= 11 is 0. The van der Waals surface area contributed by atoms with Crippen molar-refractivity contribution in [3.63, 3.8) is 0 Å². The Morgan fingerprint density at radius 3 is 2.73 bits per heavy atom. The second-order valence-electron chi connectivity index (χ2n) is 4.66. The Kier molecular flexibility index (Phi) is 6.22. The largest absolute Gasteiger partial charge is 0.374 e. The van der Waals surface area contributed by atoms with Crippen molar-refractivity contribution in [2.45, 2.75) is 45.3 Å². The molecular formula is C12H26N2O. The molecule has 1 saturated heterocycles. The minimum Gasteiger partial charge on any atom is -0.374 e. The van der Waals surface area contributed by atoms with Gasteiger partial charge >= 0.3 is 0 Å². The Morgan fingerprint density at radius 2 is 2.13 bits per heavy atom. The second-order valence-corrected chi connectivity index (χ2v) is 4.66. The van der Waals surface area contributed by atoms with E-state index in [1.807, 2.05) is 0 Å². The Bertz CT molecular complexity index is 164. The molecule has 1 fully saturated rings. The quantitative estimate of drug-likeness (QED) is 0.650. The molecule has 90 valence electrons. The van der Waals surface area contributed by atoms with Gasteiger partial charge in [-0.25, -0.2) is 0 Å². The summed E-state index contributed by atoms with van der Waals surface area (Å²) in [5.41, 5.74) is 0. The second kappa shape index (κ2) is 7.20. The average molecular weight is 214 g/mol. The summed E-state index contributed by atoms with van der Waals surface area (Å²) in [6, 6.07) is 0. The number of likely N-dealkylation sites (N-methyl/N-ethyl adjacent to an activating group) is 1. The number of hydrogen-bond donors (Lipinski definition) is 1. The van der Waals surface area contributed by atoms with Gasteiger partial charge in [-0.15, -0.1) is 0 Å². The average Bonchev–Trinajstić information content (AvgIpc) is 2.59. The number of nitrogens with one attached hydrogen (secondary N) is 1. The van der Waals surface area contributed by atoms with Crippen LogP contribution < -0.4 is 5.32 Å². The molecule has 1 aliphatic rings. The highest BCUT2D eigenvalue weighted by molar-refractivity contribution is 4.73. The Balaban J connectivity index is 2.00. The molecule has 0 aliphatic carbocycles. The fourth-order valence-corrected chi connectivity index (χ4v) is 2.03. The maximum atomic E-state index is 5.80. The van der Waals surface area contributed by atoms with E-state index in [1.54, 1.807) is 0 Å². The summed E-state index contributed by atoms with van der Waals surface area (Å²) < 4.78 is 5.80. The van der Waals surface area contributed by atoms with E-state index in [9.17, 15) is 0 Å². The van der Waals surface area contributed by atoms with Crippen molar-refractivity contribution in [2.24, 2.45) is 0 Å². The topological polar surface area (TPSA) is 24.5 Å². The molecule has 15 heavy (non-hydrogen) atoms. The lowest BCUT2D eigenvalue weighted by molar-refractivity contribution is 0.0367. The van der Waals surface area contributed by atoms with Gasteiger partial charge in [0, 0.05) is 19.6 Å². The van der Waals surface area contributed by atoms with Crippen molar-refractivity contribution in [3.8, 4) is 0 Å². The zero-order chi connectivity index (χ0) is 11.1. The van der Waals surface area contributed by atoms with Crippen molar-refractivity contribution in [1.29, 1.82) is 0 Å². The summed E-state index contributed by atoms with van der Waals surface area (Å²) in [4.78, 5) is 2.37. The van der Waals surface area contributed by atoms with Crippen LogP contribution in [0.2, 0.25) is 0 Å². The zero-order valence-corrected chi connectivity index (χ0v) is 10.5. The predicted molar refractivity (Wildman–Crippen MR) is 64.2 cm³/mol. The normalized spacial score (nSPS) is 26.4. The van der Waals surface area contributed by atoms with Crippen LogP contribution in [0.1, 0.15) is 33.1 Å². The third kappa shape index (κ3) is 5.50. The lowest BCUT2D eigenvalue weighted by Gasteiger charge is -2.21. The van der Waals surface area contributed by atoms with Crippen LogP contribution in [-0.2, 0) is 4.74 Å². The summed E-state index contributed by atoms with van der Waals surface area (Å²) in [6.45, 7) is 8.79. The first-order valence-corrected chi connectivity index (χ1v) is 6.27. The molecule has 2 unspecified atom stereocenters. The molecule has 1 aliphatic heterocycles. The van der Waals surface area contributed by atoms with E-state index in [0.717, 1.165) is 26.2 Å². The van der Waals surface area contributed by atoms with Gasteiger partial charge in [0.15, 0.2) is 0 Å².